The van der Waals surface area contributed by atoms with Crippen LogP contribution in [-0.4, -0.2) is 165 Å². The first-order valence-electron chi connectivity index (χ1n) is 23.0. The molecule has 0 heterocycles. The molecule has 1 aromatic carbocycles. The van der Waals surface area contributed by atoms with E-state index in [0.29, 0.717) is 158 Å². The van der Waals surface area contributed by atoms with Gasteiger partial charge in [-0.2, -0.15) is 0 Å². The van der Waals surface area contributed by atoms with Crippen molar-refractivity contribution >= 4 is 5.97 Å². The van der Waals surface area contributed by atoms with Crippen molar-refractivity contribution in [3.8, 4) is 5.75 Å². The smallest absolute Gasteiger partial charge is 0.305 e. The van der Waals surface area contributed by atoms with Crippen molar-refractivity contribution in [1.29, 1.82) is 0 Å². The van der Waals surface area contributed by atoms with Crippen LogP contribution >= 0.6 is 0 Å². The molecule has 0 aromatic heterocycles. The zero-order valence-corrected chi connectivity index (χ0v) is 37.7. The predicted octanol–water partition coefficient (Wildman–Crippen LogP) is 7.05. The molecule has 1 rings (SSSR count). The molecule has 0 atom stereocenters. The van der Waals surface area contributed by atoms with Crippen LogP contribution in [-0.2, 0) is 68.1 Å². The van der Waals surface area contributed by atoms with E-state index in [1.54, 1.807) is 0 Å². The highest BCUT2D eigenvalue weighted by Crippen LogP contribution is 2.15. The number of rotatable bonds is 50. The average Bonchev–Trinajstić information content (AvgIpc) is 3.26. The summed E-state index contributed by atoms with van der Waals surface area (Å²) in [7, 11) is 0. The maximum atomic E-state index is 11.6. The Morgan fingerprint density at radius 2 is 0.650 bits per heavy atom. The standard InChI is InChI=1S/C46H84O14/c1-3-5-7-9-10-11-12-14-44-16-18-45(19-17-44)59-42-40-57-38-36-55-34-32-53-30-28-51-26-24-49-22-20-48-21-23-50-25-27-52-29-31-54-33-35-56-37-39-58-41-43-60-46(47)15-13-8-6-4-2/h16-19H,3-15,20-43H2,1-2H3. The van der Waals surface area contributed by atoms with E-state index >= 15 is 0 Å². The first-order chi connectivity index (χ1) is 29.8. The van der Waals surface area contributed by atoms with Crippen LogP contribution in [0.3, 0.4) is 0 Å². The largest absolute Gasteiger partial charge is 0.491 e. The van der Waals surface area contributed by atoms with Crippen molar-refractivity contribution in [1.82, 2.24) is 0 Å². The number of ether oxygens (including phenoxy) is 13. The van der Waals surface area contributed by atoms with Gasteiger partial charge < -0.3 is 61.6 Å². The molecule has 0 spiro atoms. The third-order valence-corrected chi connectivity index (χ3v) is 8.93. The van der Waals surface area contributed by atoms with Crippen molar-refractivity contribution in [3.05, 3.63) is 29.8 Å². The summed E-state index contributed by atoms with van der Waals surface area (Å²) in [6, 6.07) is 8.45. The molecule has 0 fully saturated rings. The minimum Gasteiger partial charge on any atom is -0.491 e. The van der Waals surface area contributed by atoms with Crippen molar-refractivity contribution in [2.24, 2.45) is 0 Å². The van der Waals surface area contributed by atoms with Gasteiger partial charge in [0.1, 0.15) is 19.0 Å². The van der Waals surface area contributed by atoms with E-state index in [2.05, 4.69) is 38.1 Å². The topological polar surface area (TPSA) is 137 Å². The van der Waals surface area contributed by atoms with Gasteiger partial charge in [-0.3, -0.25) is 4.79 Å². The van der Waals surface area contributed by atoms with Crippen LogP contribution in [0.2, 0.25) is 0 Å². The third-order valence-electron chi connectivity index (χ3n) is 8.93. The quantitative estimate of drug-likeness (QED) is 0.0489. The Hall–Kier alpha value is -1.95. The molecule has 0 bridgehead atoms. The molecule has 0 N–H and O–H groups in total. The van der Waals surface area contributed by atoms with Gasteiger partial charge in [-0.1, -0.05) is 83.8 Å². The number of unbranched alkanes of at least 4 members (excludes halogenated alkanes) is 9. The fourth-order valence-corrected chi connectivity index (χ4v) is 5.54. The van der Waals surface area contributed by atoms with E-state index in [9.17, 15) is 4.79 Å². The minimum absolute atomic E-state index is 0.153. The van der Waals surface area contributed by atoms with Gasteiger partial charge >= 0.3 is 5.97 Å². The number of esters is 1. The van der Waals surface area contributed by atoms with Crippen LogP contribution in [0, 0.1) is 0 Å². The van der Waals surface area contributed by atoms with E-state index in [4.69, 9.17) is 61.6 Å². The number of carbonyl (C=O) groups excluding carboxylic acids is 1. The SMILES string of the molecule is CCCCCCCCCc1ccc(OCCOCCOCCOCCOCCOCCOCCOCCOCCOCCOCCOCCOC(=O)CCCCCC)cc1. The lowest BCUT2D eigenvalue weighted by Gasteiger charge is -2.09. The molecule has 1 aromatic rings. The zero-order chi connectivity index (χ0) is 42.9. The van der Waals surface area contributed by atoms with E-state index in [-0.39, 0.29) is 12.6 Å². The van der Waals surface area contributed by atoms with Crippen LogP contribution in [0.5, 0.6) is 5.75 Å². The molecule has 0 saturated carbocycles. The van der Waals surface area contributed by atoms with Crippen molar-refractivity contribution < 1.29 is 66.4 Å². The third kappa shape index (κ3) is 42.7. The zero-order valence-electron chi connectivity index (χ0n) is 37.7. The van der Waals surface area contributed by atoms with Gasteiger partial charge in [0.2, 0.25) is 0 Å². The molecule has 0 unspecified atom stereocenters. The summed E-state index contributed by atoms with van der Waals surface area (Å²) >= 11 is 0. The minimum atomic E-state index is -0.153. The Morgan fingerprint density at radius 1 is 0.350 bits per heavy atom. The fourth-order valence-electron chi connectivity index (χ4n) is 5.54. The van der Waals surface area contributed by atoms with Crippen LogP contribution in [0.4, 0.5) is 0 Å². The molecule has 14 nitrogen and oxygen atoms in total. The number of hydrogen-bond acceptors (Lipinski definition) is 14. The highest BCUT2D eigenvalue weighted by Gasteiger charge is 2.03. The molecule has 60 heavy (non-hydrogen) atoms. The molecular weight excluding hydrogens is 776 g/mol. The first-order valence-corrected chi connectivity index (χ1v) is 23.0. The van der Waals surface area contributed by atoms with Gasteiger partial charge in [-0.15, -0.1) is 0 Å². The molecule has 0 aliphatic carbocycles. The van der Waals surface area contributed by atoms with Gasteiger partial charge in [0.15, 0.2) is 0 Å². The van der Waals surface area contributed by atoms with E-state index < -0.39 is 0 Å². The van der Waals surface area contributed by atoms with E-state index in [0.717, 1.165) is 37.9 Å². The predicted molar refractivity (Wildman–Crippen MR) is 232 cm³/mol. The van der Waals surface area contributed by atoms with Gasteiger partial charge in [-0.25, -0.2) is 0 Å². The summed E-state index contributed by atoms with van der Waals surface area (Å²) < 4.78 is 71.5. The molecule has 14 heteroatoms. The number of carbonyl (C=O) groups is 1. The first kappa shape index (κ1) is 56.1. The maximum Gasteiger partial charge on any atom is 0.305 e. The Balaban J connectivity index is 1.67. The molecule has 0 amide bonds. The summed E-state index contributed by atoms with van der Waals surface area (Å²) in [6.45, 7) is 16.1. The normalized spacial score (nSPS) is 11.4. The summed E-state index contributed by atoms with van der Waals surface area (Å²) in [5, 5.41) is 0. The lowest BCUT2D eigenvalue weighted by atomic mass is 10.0. The summed E-state index contributed by atoms with van der Waals surface area (Å²) in [5.74, 6) is 0.731. The molecule has 0 aliphatic rings. The van der Waals surface area contributed by atoms with Crippen molar-refractivity contribution in [3.63, 3.8) is 0 Å². The number of aryl methyl sites for hydroxylation is 1. The Morgan fingerprint density at radius 3 is 1.02 bits per heavy atom. The fraction of sp³-hybridized carbons (Fsp3) is 0.848. The monoisotopic (exact) mass is 861 g/mol. The van der Waals surface area contributed by atoms with Crippen LogP contribution in [0.1, 0.15) is 96.5 Å². The highest BCUT2D eigenvalue weighted by molar-refractivity contribution is 5.69. The second-order valence-corrected chi connectivity index (χ2v) is 14.1. The van der Waals surface area contributed by atoms with E-state index in [1.807, 2.05) is 0 Å². The van der Waals surface area contributed by atoms with Crippen molar-refractivity contribution in [2.75, 3.05) is 159 Å². The average molecular weight is 861 g/mol. The highest BCUT2D eigenvalue weighted by atomic mass is 16.6. The second-order valence-electron chi connectivity index (χ2n) is 14.1. The van der Waals surface area contributed by atoms with Gasteiger partial charge in [0.25, 0.3) is 0 Å². The summed E-state index contributed by atoms with van der Waals surface area (Å²) in [4.78, 5) is 11.6. The van der Waals surface area contributed by atoms with E-state index in [1.165, 1.54) is 50.5 Å². The summed E-state index contributed by atoms with van der Waals surface area (Å²) in [6.07, 6.45) is 15.2. The number of benzene rings is 1. The van der Waals surface area contributed by atoms with Crippen LogP contribution in [0.15, 0.2) is 24.3 Å². The maximum absolute atomic E-state index is 11.6. The second kappa shape index (κ2) is 48.1. The molecule has 0 saturated heterocycles. The van der Waals surface area contributed by atoms with Crippen LogP contribution in [0.25, 0.3) is 0 Å². The molecule has 352 valence electrons. The molecule has 0 aliphatic heterocycles. The number of hydrogen-bond donors (Lipinski definition) is 0. The van der Waals surface area contributed by atoms with Gasteiger partial charge in [0, 0.05) is 6.42 Å². The Labute approximate surface area is 363 Å². The lowest BCUT2D eigenvalue weighted by Crippen LogP contribution is -2.16. The van der Waals surface area contributed by atoms with Gasteiger partial charge in [0.05, 0.1) is 145 Å². The van der Waals surface area contributed by atoms with Gasteiger partial charge in [-0.05, 0) is 37.0 Å². The van der Waals surface area contributed by atoms with Crippen molar-refractivity contribution in [2.45, 2.75) is 97.3 Å². The molecule has 0 radical (unpaired) electrons. The van der Waals surface area contributed by atoms with Crippen LogP contribution < -0.4 is 4.74 Å². The lowest BCUT2D eigenvalue weighted by molar-refractivity contribution is -0.145. The summed E-state index contributed by atoms with van der Waals surface area (Å²) in [5.41, 5.74) is 1.38. The Bertz CT molecular complexity index is 986. The molecular formula is C46H84O14. The Kier molecular flexibility index (Phi) is 44.9.